The first-order valence-electron chi connectivity index (χ1n) is 7.80. The quantitative estimate of drug-likeness (QED) is 0.784. The molecule has 7 nitrogen and oxygen atoms in total. The summed E-state index contributed by atoms with van der Waals surface area (Å²) in [4.78, 5) is 23.1. The molecule has 0 saturated carbocycles. The van der Waals surface area contributed by atoms with Crippen LogP contribution in [0.25, 0.3) is 11.0 Å². The Balaban J connectivity index is 1.58. The molecule has 0 spiro atoms. The van der Waals surface area contributed by atoms with E-state index in [9.17, 15) is 4.79 Å². The lowest BCUT2D eigenvalue weighted by Crippen LogP contribution is -2.40. The highest BCUT2D eigenvalue weighted by Crippen LogP contribution is 2.23. The minimum absolute atomic E-state index is 0.0322. The Morgan fingerprint density at radius 1 is 1.43 bits per heavy atom. The molecule has 3 aromatic heterocycles. The SMILES string of the molecule is Cc1[nH]nc2ncc(C(=O)N3CCCC(n4ccnc4)C3)cc12. The molecule has 1 saturated heterocycles. The summed E-state index contributed by atoms with van der Waals surface area (Å²) in [5, 5.41) is 7.91. The van der Waals surface area contributed by atoms with Crippen LogP contribution in [-0.2, 0) is 0 Å². The van der Waals surface area contributed by atoms with Gasteiger partial charge in [-0.15, -0.1) is 0 Å². The van der Waals surface area contributed by atoms with Gasteiger partial charge in [0.15, 0.2) is 5.65 Å². The molecule has 4 rings (SSSR count). The smallest absolute Gasteiger partial charge is 0.255 e. The summed E-state index contributed by atoms with van der Waals surface area (Å²) in [6, 6.07) is 2.17. The van der Waals surface area contributed by atoms with Gasteiger partial charge in [-0.2, -0.15) is 5.10 Å². The maximum atomic E-state index is 12.8. The van der Waals surface area contributed by atoms with Gasteiger partial charge >= 0.3 is 0 Å². The molecule has 7 heteroatoms. The first kappa shape index (κ1) is 13.9. The Morgan fingerprint density at radius 3 is 3.17 bits per heavy atom. The summed E-state index contributed by atoms with van der Waals surface area (Å²) in [7, 11) is 0. The molecule has 1 atom stereocenters. The van der Waals surface area contributed by atoms with Crippen LogP contribution < -0.4 is 0 Å². The topological polar surface area (TPSA) is 79.7 Å². The van der Waals surface area contributed by atoms with Crippen LogP contribution in [-0.4, -0.2) is 48.6 Å². The van der Waals surface area contributed by atoms with E-state index in [2.05, 4.69) is 24.7 Å². The largest absolute Gasteiger partial charge is 0.337 e. The van der Waals surface area contributed by atoms with E-state index in [0.717, 1.165) is 30.5 Å². The molecular weight excluding hydrogens is 292 g/mol. The van der Waals surface area contributed by atoms with Crippen molar-refractivity contribution < 1.29 is 4.79 Å². The van der Waals surface area contributed by atoms with Gasteiger partial charge in [0, 0.05) is 42.8 Å². The number of nitrogens with one attached hydrogen (secondary N) is 1. The molecule has 3 aromatic rings. The molecule has 1 unspecified atom stereocenters. The van der Waals surface area contributed by atoms with Crippen LogP contribution in [0.15, 0.2) is 31.0 Å². The number of carbonyl (C=O) groups is 1. The third-order valence-corrected chi connectivity index (χ3v) is 4.48. The number of aromatic amines is 1. The minimum atomic E-state index is 0.0322. The van der Waals surface area contributed by atoms with Crippen molar-refractivity contribution in [3.63, 3.8) is 0 Å². The number of hydrogen-bond donors (Lipinski definition) is 1. The van der Waals surface area contributed by atoms with Gasteiger partial charge < -0.3 is 9.47 Å². The van der Waals surface area contributed by atoms with Gasteiger partial charge in [0.2, 0.25) is 0 Å². The van der Waals surface area contributed by atoms with E-state index < -0.39 is 0 Å². The third-order valence-electron chi connectivity index (χ3n) is 4.48. The van der Waals surface area contributed by atoms with Gasteiger partial charge in [0.25, 0.3) is 5.91 Å². The summed E-state index contributed by atoms with van der Waals surface area (Å²) in [5.74, 6) is 0.0322. The zero-order valence-corrected chi connectivity index (χ0v) is 12.9. The van der Waals surface area contributed by atoms with Crippen molar-refractivity contribution in [2.45, 2.75) is 25.8 Å². The molecule has 0 aliphatic carbocycles. The van der Waals surface area contributed by atoms with Gasteiger partial charge in [-0.25, -0.2) is 9.97 Å². The number of likely N-dealkylation sites (tertiary alicyclic amines) is 1. The fourth-order valence-electron chi connectivity index (χ4n) is 3.19. The normalized spacial score (nSPS) is 18.5. The summed E-state index contributed by atoms with van der Waals surface area (Å²) in [6.07, 6.45) is 9.24. The fraction of sp³-hybridized carbons (Fsp3) is 0.375. The maximum Gasteiger partial charge on any atom is 0.255 e. The molecule has 0 radical (unpaired) electrons. The Labute approximate surface area is 133 Å². The average Bonchev–Trinajstić information content (AvgIpc) is 3.25. The number of aryl methyl sites for hydroxylation is 1. The van der Waals surface area contributed by atoms with Crippen molar-refractivity contribution in [1.29, 1.82) is 0 Å². The summed E-state index contributed by atoms with van der Waals surface area (Å²) >= 11 is 0. The van der Waals surface area contributed by atoms with Crippen LogP contribution in [0, 0.1) is 6.92 Å². The number of carbonyl (C=O) groups excluding carboxylic acids is 1. The lowest BCUT2D eigenvalue weighted by molar-refractivity contribution is 0.0679. The Morgan fingerprint density at radius 2 is 2.35 bits per heavy atom. The van der Waals surface area contributed by atoms with Crippen LogP contribution in [0.4, 0.5) is 0 Å². The number of fused-ring (bicyclic) bond motifs is 1. The number of nitrogens with zero attached hydrogens (tertiary/aromatic N) is 5. The highest BCUT2D eigenvalue weighted by atomic mass is 16.2. The Kier molecular flexibility index (Phi) is 3.33. The second kappa shape index (κ2) is 5.49. The first-order chi connectivity index (χ1) is 11.2. The number of aromatic nitrogens is 5. The number of piperidine rings is 1. The summed E-state index contributed by atoms with van der Waals surface area (Å²) in [5.41, 5.74) is 2.19. The van der Waals surface area contributed by atoms with Crippen molar-refractivity contribution in [1.82, 2.24) is 29.6 Å². The van der Waals surface area contributed by atoms with Crippen LogP contribution in [0.3, 0.4) is 0 Å². The average molecular weight is 310 g/mol. The molecule has 1 aliphatic heterocycles. The zero-order valence-electron chi connectivity index (χ0n) is 12.9. The number of hydrogen-bond acceptors (Lipinski definition) is 4. The van der Waals surface area contributed by atoms with Gasteiger partial charge in [-0.05, 0) is 25.8 Å². The van der Waals surface area contributed by atoms with E-state index in [-0.39, 0.29) is 5.91 Å². The monoisotopic (exact) mass is 310 g/mol. The molecule has 23 heavy (non-hydrogen) atoms. The molecule has 118 valence electrons. The van der Waals surface area contributed by atoms with E-state index >= 15 is 0 Å². The van der Waals surface area contributed by atoms with Crippen LogP contribution in [0.1, 0.15) is 34.9 Å². The number of H-pyrrole nitrogens is 1. The van der Waals surface area contributed by atoms with Gasteiger partial charge in [-0.3, -0.25) is 9.89 Å². The first-order valence-corrected chi connectivity index (χ1v) is 7.80. The Hall–Kier alpha value is -2.70. The summed E-state index contributed by atoms with van der Waals surface area (Å²) < 4.78 is 2.08. The van der Waals surface area contributed by atoms with Crippen LogP contribution >= 0.6 is 0 Å². The Bertz CT molecular complexity index is 838. The van der Waals surface area contributed by atoms with Gasteiger partial charge in [0.05, 0.1) is 17.9 Å². The standard InChI is InChI=1S/C16H18N6O/c1-11-14-7-12(8-18-15(14)20-19-11)16(23)21-5-2-3-13(9-21)22-6-4-17-10-22/h4,6-8,10,13H,2-3,5,9H2,1H3,(H,18,19,20). The van der Waals surface area contributed by atoms with Crippen molar-refractivity contribution in [3.05, 3.63) is 42.2 Å². The number of pyridine rings is 1. The van der Waals surface area contributed by atoms with Crippen LogP contribution in [0.5, 0.6) is 0 Å². The van der Waals surface area contributed by atoms with Crippen molar-refractivity contribution >= 4 is 16.9 Å². The van der Waals surface area contributed by atoms with E-state index in [1.165, 1.54) is 0 Å². The van der Waals surface area contributed by atoms with Gasteiger partial charge in [-0.1, -0.05) is 0 Å². The van der Waals surface area contributed by atoms with Gasteiger partial charge in [0.1, 0.15) is 0 Å². The van der Waals surface area contributed by atoms with Crippen LogP contribution in [0.2, 0.25) is 0 Å². The lowest BCUT2D eigenvalue weighted by atomic mass is 10.0. The molecule has 0 aromatic carbocycles. The van der Waals surface area contributed by atoms with Crippen molar-refractivity contribution in [2.75, 3.05) is 13.1 Å². The predicted molar refractivity (Wildman–Crippen MR) is 85.0 cm³/mol. The molecule has 1 aliphatic rings. The fourth-order valence-corrected chi connectivity index (χ4v) is 3.19. The maximum absolute atomic E-state index is 12.8. The second-order valence-corrected chi connectivity index (χ2v) is 6.00. The highest BCUT2D eigenvalue weighted by molar-refractivity contribution is 5.97. The van der Waals surface area contributed by atoms with Crippen molar-refractivity contribution in [2.24, 2.45) is 0 Å². The van der Waals surface area contributed by atoms with E-state index in [4.69, 9.17) is 0 Å². The molecule has 1 N–H and O–H groups in total. The lowest BCUT2D eigenvalue weighted by Gasteiger charge is -2.33. The van der Waals surface area contributed by atoms with E-state index in [0.29, 0.717) is 23.8 Å². The number of rotatable bonds is 2. The highest BCUT2D eigenvalue weighted by Gasteiger charge is 2.25. The van der Waals surface area contributed by atoms with E-state index in [1.54, 1.807) is 12.4 Å². The molecule has 0 bridgehead atoms. The summed E-state index contributed by atoms with van der Waals surface area (Å²) in [6.45, 7) is 3.42. The second-order valence-electron chi connectivity index (χ2n) is 6.00. The van der Waals surface area contributed by atoms with Crippen molar-refractivity contribution in [3.8, 4) is 0 Å². The third kappa shape index (κ3) is 2.48. The molecular formula is C16H18N6O. The number of amides is 1. The zero-order chi connectivity index (χ0) is 15.8. The number of imidazole rings is 1. The molecule has 1 fully saturated rings. The predicted octanol–water partition coefficient (Wildman–Crippen LogP) is 1.94. The molecule has 4 heterocycles. The minimum Gasteiger partial charge on any atom is -0.337 e. The van der Waals surface area contributed by atoms with E-state index in [1.807, 2.05) is 30.4 Å². The molecule has 1 amide bonds.